The number of carbonyl (C=O) groups excluding carboxylic acids is 2. The average molecular weight is 519 g/mol. The molecule has 1 fully saturated rings. The number of halogens is 1. The number of ether oxygens (including phenoxy) is 1. The van der Waals surface area contributed by atoms with E-state index in [1.165, 1.54) is 0 Å². The topological polar surface area (TPSA) is 58.6 Å². The SMILES string of the molecule is Cc1ccc(OCC(=O)N(Cc2ccccc2Cl)[C@H](Cc2ccccc2)C(=O)NC2CCCC2)cc1C. The van der Waals surface area contributed by atoms with Crippen LogP contribution in [0.25, 0.3) is 0 Å². The quantitative estimate of drug-likeness (QED) is 0.356. The van der Waals surface area contributed by atoms with Crippen molar-refractivity contribution >= 4 is 23.4 Å². The molecule has 0 radical (unpaired) electrons. The maximum Gasteiger partial charge on any atom is 0.261 e. The van der Waals surface area contributed by atoms with Gasteiger partial charge in [-0.25, -0.2) is 0 Å². The second-order valence-corrected chi connectivity index (χ2v) is 10.3. The van der Waals surface area contributed by atoms with Crippen molar-refractivity contribution in [3.63, 3.8) is 0 Å². The monoisotopic (exact) mass is 518 g/mol. The number of benzene rings is 3. The first-order valence-corrected chi connectivity index (χ1v) is 13.4. The normalized spacial score (nSPS) is 14.2. The van der Waals surface area contributed by atoms with E-state index in [4.69, 9.17) is 16.3 Å². The van der Waals surface area contributed by atoms with Crippen molar-refractivity contribution < 1.29 is 14.3 Å². The zero-order valence-electron chi connectivity index (χ0n) is 21.6. The Balaban J connectivity index is 1.62. The minimum atomic E-state index is -0.699. The third-order valence-electron chi connectivity index (χ3n) is 7.11. The van der Waals surface area contributed by atoms with E-state index in [1.54, 1.807) is 11.0 Å². The molecule has 1 N–H and O–H groups in total. The number of hydrogen-bond acceptors (Lipinski definition) is 3. The highest BCUT2D eigenvalue weighted by Gasteiger charge is 2.32. The second-order valence-electron chi connectivity index (χ2n) is 9.84. The predicted octanol–water partition coefficient (Wildman–Crippen LogP) is 6.03. The Labute approximate surface area is 224 Å². The summed E-state index contributed by atoms with van der Waals surface area (Å²) in [6.45, 7) is 4.09. The van der Waals surface area contributed by atoms with Crippen LogP contribution in [0.2, 0.25) is 5.02 Å². The van der Waals surface area contributed by atoms with Crippen molar-refractivity contribution in [1.82, 2.24) is 10.2 Å². The first-order valence-electron chi connectivity index (χ1n) is 13.0. The molecule has 1 atom stereocenters. The molecule has 5 nitrogen and oxygen atoms in total. The Morgan fingerprint density at radius 1 is 0.973 bits per heavy atom. The summed E-state index contributed by atoms with van der Waals surface area (Å²) in [6.07, 6.45) is 4.57. The predicted molar refractivity (Wildman–Crippen MR) is 148 cm³/mol. The van der Waals surface area contributed by atoms with Gasteiger partial charge in [0.2, 0.25) is 5.91 Å². The Hall–Kier alpha value is -3.31. The van der Waals surface area contributed by atoms with Gasteiger partial charge in [0.1, 0.15) is 11.8 Å². The van der Waals surface area contributed by atoms with Gasteiger partial charge in [-0.2, -0.15) is 0 Å². The van der Waals surface area contributed by atoms with Crippen molar-refractivity contribution in [1.29, 1.82) is 0 Å². The molecule has 0 aliphatic heterocycles. The summed E-state index contributed by atoms with van der Waals surface area (Å²) in [7, 11) is 0. The molecule has 0 saturated heterocycles. The zero-order valence-corrected chi connectivity index (χ0v) is 22.3. The van der Waals surface area contributed by atoms with Gasteiger partial charge < -0.3 is 15.0 Å². The Bertz CT molecular complexity index is 1210. The van der Waals surface area contributed by atoms with Crippen LogP contribution in [0.5, 0.6) is 5.75 Å². The Morgan fingerprint density at radius 3 is 2.38 bits per heavy atom. The van der Waals surface area contributed by atoms with Crippen LogP contribution in [0.1, 0.15) is 47.9 Å². The lowest BCUT2D eigenvalue weighted by Gasteiger charge is -2.32. The van der Waals surface area contributed by atoms with Crippen LogP contribution >= 0.6 is 11.6 Å². The third kappa shape index (κ3) is 7.36. The van der Waals surface area contributed by atoms with Crippen molar-refractivity contribution in [2.75, 3.05) is 6.61 Å². The molecule has 6 heteroatoms. The molecule has 1 saturated carbocycles. The fourth-order valence-corrected chi connectivity index (χ4v) is 4.96. The molecule has 3 aromatic rings. The molecule has 1 aliphatic rings. The van der Waals surface area contributed by atoms with Crippen LogP contribution in [-0.2, 0) is 22.6 Å². The summed E-state index contributed by atoms with van der Waals surface area (Å²) in [6, 6.07) is 22.5. The largest absolute Gasteiger partial charge is 0.484 e. The molecule has 0 unspecified atom stereocenters. The molecule has 0 aromatic heterocycles. The molecular weight excluding hydrogens is 484 g/mol. The zero-order chi connectivity index (χ0) is 26.2. The highest BCUT2D eigenvalue weighted by Crippen LogP contribution is 2.23. The van der Waals surface area contributed by atoms with Crippen LogP contribution in [-0.4, -0.2) is 35.4 Å². The minimum absolute atomic E-state index is 0.137. The number of carbonyl (C=O) groups is 2. The van der Waals surface area contributed by atoms with Gasteiger partial charge >= 0.3 is 0 Å². The lowest BCUT2D eigenvalue weighted by Crippen LogP contribution is -2.53. The molecule has 37 heavy (non-hydrogen) atoms. The van der Waals surface area contributed by atoms with E-state index in [-0.39, 0.29) is 31.0 Å². The van der Waals surface area contributed by atoms with Crippen molar-refractivity contribution in [3.05, 3.63) is 100 Å². The molecule has 3 aromatic carbocycles. The van der Waals surface area contributed by atoms with Gasteiger partial charge in [0.05, 0.1) is 0 Å². The van der Waals surface area contributed by atoms with E-state index in [1.807, 2.05) is 80.6 Å². The van der Waals surface area contributed by atoms with E-state index in [9.17, 15) is 9.59 Å². The highest BCUT2D eigenvalue weighted by atomic mass is 35.5. The number of rotatable bonds is 10. The standard InChI is InChI=1S/C31H35ClN2O3/c1-22-16-17-27(18-23(22)2)37-21-30(35)34(20-25-12-6-9-15-28(25)32)29(19-24-10-4-3-5-11-24)31(36)33-26-13-7-8-14-26/h3-6,9-12,15-18,26,29H,7-8,13-14,19-21H2,1-2H3,(H,33,36)/t29-/m1/s1. The summed E-state index contributed by atoms with van der Waals surface area (Å²) < 4.78 is 5.91. The molecule has 0 spiro atoms. The van der Waals surface area contributed by atoms with E-state index < -0.39 is 6.04 Å². The van der Waals surface area contributed by atoms with Crippen LogP contribution in [0.15, 0.2) is 72.8 Å². The molecule has 1 aliphatic carbocycles. The van der Waals surface area contributed by atoms with Crippen molar-refractivity contribution in [3.8, 4) is 5.75 Å². The van der Waals surface area contributed by atoms with Crippen molar-refractivity contribution in [2.24, 2.45) is 0 Å². The smallest absolute Gasteiger partial charge is 0.261 e. The maximum absolute atomic E-state index is 13.7. The summed E-state index contributed by atoms with van der Waals surface area (Å²) >= 11 is 6.49. The van der Waals surface area contributed by atoms with Crippen LogP contribution < -0.4 is 10.1 Å². The summed E-state index contributed by atoms with van der Waals surface area (Å²) in [4.78, 5) is 29.1. The first kappa shape index (κ1) is 26.7. The van der Waals surface area contributed by atoms with Gasteiger partial charge in [-0.3, -0.25) is 9.59 Å². The van der Waals surface area contributed by atoms with Gasteiger partial charge in [0.15, 0.2) is 6.61 Å². The molecule has 194 valence electrons. The average Bonchev–Trinajstić information content (AvgIpc) is 3.41. The van der Waals surface area contributed by atoms with E-state index in [0.717, 1.165) is 47.9 Å². The van der Waals surface area contributed by atoms with E-state index in [2.05, 4.69) is 5.32 Å². The Kier molecular flexibility index (Phi) is 9.24. The molecule has 0 bridgehead atoms. The van der Waals surface area contributed by atoms with E-state index >= 15 is 0 Å². The summed E-state index contributed by atoms with van der Waals surface area (Å²) in [5.41, 5.74) is 4.03. The van der Waals surface area contributed by atoms with Gasteiger partial charge in [-0.15, -0.1) is 0 Å². The van der Waals surface area contributed by atoms with Gasteiger partial charge in [-0.05, 0) is 67.1 Å². The molecule has 2 amide bonds. The number of amides is 2. The van der Waals surface area contributed by atoms with Crippen LogP contribution in [0.4, 0.5) is 0 Å². The van der Waals surface area contributed by atoms with E-state index in [0.29, 0.717) is 17.2 Å². The van der Waals surface area contributed by atoms with Gasteiger partial charge in [0, 0.05) is 24.0 Å². The summed E-state index contributed by atoms with van der Waals surface area (Å²) in [5, 5.41) is 3.78. The number of nitrogens with zero attached hydrogens (tertiary/aromatic N) is 1. The lowest BCUT2D eigenvalue weighted by atomic mass is 10.0. The van der Waals surface area contributed by atoms with Crippen LogP contribution in [0.3, 0.4) is 0 Å². The fraction of sp³-hybridized carbons (Fsp3) is 0.355. The fourth-order valence-electron chi connectivity index (χ4n) is 4.76. The molecule has 4 rings (SSSR count). The highest BCUT2D eigenvalue weighted by molar-refractivity contribution is 6.31. The number of hydrogen-bond donors (Lipinski definition) is 1. The van der Waals surface area contributed by atoms with Crippen LogP contribution in [0, 0.1) is 13.8 Å². The maximum atomic E-state index is 13.7. The minimum Gasteiger partial charge on any atom is -0.484 e. The first-order chi connectivity index (χ1) is 17.9. The summed E-state index contributed by atoms with van der Waals surface area (Å²) in [5.74, 6) is 0.229. The second kappa shape index (κ2) is 12.8. The number of nitrogens with one attached hydrogen (secondary N) is 1. The van der Waals surface area contributed by atoms with Gasteiger partial charge in [-0.1, -0.05) is 79.0 Å². The van der Waals surface area contributed by atoms with Crippen molar-refractivity contribution in [2.45, 2.75) is 64.6 Å². The number of aryl methyl sites for hydroxylation is 2. The van der Waals surface area contributed by atoms with Gasteiger partial charge in [0.25, 0.3) is 5.91 Å². The third-order valence-corrected chi connectivity index (χ3v) is 7.48. The lowest BCUT2D eigenvalue weighted by molar-refractivity contribution is -0.143. The molecular formula is C31H35ClN2O3. The Morgan fingerprint density at radius 2 is 1.68 bits per heavy atom. The molecule has 0 heterocycles.